The molecule has 0 aliphatic heterocycles. The molecule has 0 nitrogen and oxygen atoms in total. The van der Waals surface area contributed by atoms with Crippen LogP contribution in [0, 0.1) is 0 Å². The fourth-order valence-corrected chi connectivity index (χ4v) is 4.16. The third-order valence-corrected chi connectivity index (χ3v) is 5.00. The van der Waals surface area contributed by atoms with Crippen LogP contribution < -0.4 is 5.30 Å². The molecular weight excluding hydrogens is 259 g/mol. The van der Waals surface area contributed by atoms with E-state index in [2.05, 4.69) is 73.1 Å². The summed E-state index contributed by atoms with van der Waals surface area (Å²) in [5.74, 6) is 1.86. The quantitative estimate of drug-likeness (QED) is 0.533. The summed E-state index contributed by atoms with van der Waals surface area (Å²) in [6, 6.07) is 4.85. The molecule has 0 radical (unpaired) electrons. The fourth-order valence-electron chi connectivity index (χ4n) is 2.05. The molecule has 0 aliphatic carbocycles. The van der Waals surface area contributed by atoms with Gasteiger partial charge in [0.05, 0.1) is 0 Å². The summed E-state index contributed by atoms with van der Waals surface area (Å²) in [4.78, 5) is 0. The topological polar surface area (TPSA) is 0 Å². The van der Waals surface area contributed by atoms with Gasteiger partial charge in [-0.1, -0.05) is 0 Å². The van der Waals surface area contributed by atoms with Crippen LogP contribution in [0.25, 0.3) is 0 Å². The molecule has 0 unspecified atom stereocenters. The van der Waals surface area contributed by atoms with Crippen molar-refractivity contribution in [2.24, 2.45) is 0 Å². The molecule has 0 aromatic heterocycles. The predicted octanol–water partition coefficient (Wildman–Crippen LogP) is 5.09. The summed E-state index contributed by atoms with van der Waals surface area (Å²) in [5.41, 5.74) is 4.58. The first-order valence-electron chi connectivity index (χ1n) is 6.43. The van der Waals surface area contributed by atoms with Gasteiger partial charge in [0.25, 0.3) is 0 Å². The molecule has 1 aromatic rings. The molecule has 0 saturated carbocycles. The summed E-state index contributed by atoms with van der Waals surface area (Å²) >= 11 is 2.25. The van der Waals surface area contributed by atoms with Crippen LogP contribution in [0.15, 0.2) is 12.1 Å². The summed E-state index contributed by atoms with van der Waals surface area (Å²) in [7, 11) is 0. The second kappa shape index (κ2) is 6.42. The molecule has 0 heterocycles. The van der Waals surface area contributed by atoms with E-state index in [1.165, 1.54) is 11.7 Å². The Morgan fingerprint density at radius 2 is 1.24 bits per heavy atom. The Hall–Kier alpha value is 0.234. The first-order valence-corrected chi connectivity index (χ1v) is 9.42. The summed E-state index contributed by atoms with van der Waals surface area (Å²) in [5, 5.41) is 1.56. The minimum absolute atomic E-state index is 0.618. The number of benzene rings is 1. The maximum atomic E-state index is 2.42. The van der Waals surface area contributed by atoms with Crippen LogP contribution >= 0.6 is 6.11 Å². The zero-order chi connectivity index (χ0) is 13.2. The SMILES string of the molecule is CC(C)c1cc(C(C)C)c([P]=[Ti+2])c(C(C)C)c1. The Balaban J connectivity index is 3.51. The van der Waals surface area contributed by atoms with Gasteiger partial charge in [0.15, 0.2) is 0 Å². The minimum atomic E-state index is 0.618. The predicted molar refractivity (Wildman–Crippen MR) is 75.3 cm³/mol. The Kier molecular flexibility index (Phi) is 5.77. The number of rotatable bonds is 4. The van der Waals surface area contributed by atoms with Crippen molar-refractivity contribution < 1.29 is 19.4 Å². The van der Waals surface area contributed by atoms with E-state index in [1.54, 1.807) is 16.4 Å². The van der Waals surface area contributed by atoms with Crippen molar-refractivity contribution in [1.82, 2.24) is 0 Å². The third kappa shape index (κ3) is 3.60. The van der Waals surface area contributed by atoms with Crippen LogP contribution in [-0.2, 0) is 19.4 Å². The van der Waals surface area contributed by atoms with Crippen molar-refractivity contribution in [3.05, 3.63) is 28.8 Å². The molecular formula is C15H23PTi+2. The summed E-state index contributed by atoms with van der Waals surface area (Å²) in [6.07, 6.45) is 1.40. The van der Waals surface area contributed by atoms with Crippen molar-refractivity contribution in [3.63, 3.8) is 0 Å². The zero-order valence-electron chi connectivity index (χ0n) is 11.8. The zero-order valence-corrected chi connectivity index (χ0v) is 14.3. The average Bonchev–Trinajstić information content (AvgIpc) is 2.26. The van der Waals surface area contributed by atoms with Gasteiger partial charge in [0.1, 0.15) is 0 Å². The molecule has 0 atom stereocenters. The van der Waals surface area contributed by atoms with E-state index in [0.29, 0.717) is 17.8 Å². The molecule has 2 heteroatoms. The third-order valence-electron chi connectivity index (χ3n) is 3.21. The molecule has 0 saturated heterocycles. The molecule has 17 heavy (non-hydrogen) atoms. The van der Waals surface area contributed by atoms with E-state index in [0.717, 1.165) is 0 Å². The summed E-state index contributed by atoms with van der Waals surface area (Å²) in [6.45, 7) is 13.8. The number of hydrogen-bond acceptors (Lipinski definition) is 0. The second-order valence-corrected chi connectivity index (χ2v) is 7.34. The Labute approximate surface area is 119 Å². The average molecular weight is 282 g/mol. The van der Waals surface area contributed by atoms with Crippen LogP contribution in [0.1, 0.15) is 76.0 Å². The molecule has 1 rings (SSSR count). The van der Waals surface area contributed by atoms with E-state index >= 15 is 0 Å². The second-order valence-electron chi connectivity index (χ2n) is 5.62. The van der Waals surface area contributed by atoms with Crippen molar-refractivity contribution in [2.75, 3.05) is 0 Å². The molecule has 0 aliphatic rings. The maximum absolute atomic E-state index is 2.42. The molecule has 90 valence electrons. The molecule has 1 aromatic carbocycles. The van der Waals surface area contributed by atoms with Gasteiger partial charge >= 0.3 is 119 Å². The van der Waals surface area contributed by atoms with Gasteiger partial charge in [-0.3, -0.25) is 0 Å². The molecule has 0 spiro atoms. The van der Waals surface area contributed by atoms with E-state index in [-0.39, 0.29) is 0 Å². The van der Waals surface area contributed by atoms with Crippen LogP contribution in [0.3, 0.4) is 0 Å². The van der Waals surface area contributed by atoms with E-state index < -0.39 is 0 Å². The van der Waals surface area contributed by atoms with Gasteiger partial charge in [-0.05, 0) is 0 Å². The van der Waals surface area contributed by atoms with Gasteiger partial charge in [0.2, 0.25) is 0 Å². The van der Waals surface area contributed by atoms with Crippen molar-refractivity contribution in [1.29, 1.82) is 0 Å². The van der Waals surface area contributed by atoms with Crippen LogP contribution in [0.4, 0.5) is 0 Å². The summed E-state index contributed by atoms with van der Waals surface area (Å²) < 4.78 is 0. The Morgan fingerprint density at radius 3 is 1.47 bits per heavy atom. The number of hydrogen-bond donors (Lipinski definition) is 0. The first-order chi connectivity index (χ1) is 7.88. The van der Waals surface area contributed by atoms with Gasteiger partial charge in [-0.15, -0.1) is 0 Å². The molecule has 0 amide bonds. The van der Waals surface area contributed by atoms with Gasteiger partial charge in [-0.25, -0.2) is 0 Å². The van der Waals surface area contributed by atoms with Crippen molar-refractivity contribution in [3.8, 4) is 0 Å². The Morgan fingerprint density at radius 1 is 0.824 bits per heavy atom. The van der Waals surface area contributed by atoms with Crippen LogP contribution in [0.5, 0.6) is 0 Å². The normalized spacial score (nSPS) is 12.2. The van der Waals surface area contributed by atoms with Crippen molar-refractivity contribution in [2.45, 2.75) is 59.3 Å². The van der Waals surface area contributed by atoms with E-state index in [1.807, 2.05) is 0 Å². The first kappa shape index (κ1) is 15.3. The molecule has 0 fully saturated rings. The van der Waals surface area contributed by atoms with Gasteiger partial charge in [0, 0.05) is 0 Å². The fraction of sp³-hybridized carbons (Fsp3) is 0.600. The van der Waals surface area contributed by atoms with Gasteiger partial charge in [-0.2, -0.15) is 0 Å². The van der Waals surface area contributed by atoms with Crippen LogP contribution in [-0.4, -0.2) is 0 Å². The van der Waals surface area contributed by atoms with E-state index in [4.69, 9.17) is 0 Å². The molecule has 0 bridgehead atoms. The van der Waals surface area contributed by atoms with Crippen molar-refractivity contribution >= 4 is 11.4 Å². The molecule has 0 N–H and O–H groups in total. The Bertz CT molecular complexity index is 376. The van der Waals surface area contributed by atoms with Crippen LogP contribution in [0.2, 0.25) is 0 Å². The van der Waals surface area contributed by atoms with Gasteiger partial charge < -0.3 is 0 Å². The monoisotopic (exact) mass is 282 g/mol. The van der Waals surface area contributed by atoms with E-state index in [9.17, 15) is 0 Å². The standard InChI is InChI=1S/C15H23P.Ti/c1-9(2)12-7-13(10(3)4)15(16)14(8-12)11(5)6;/h7-11H,1-6H3;/q;+2.